The van der Waals surface area contributed by atoms with Crippen LogP contribution in [0.1, 0.15) is 34.1 Å². The Bertz CT molecular complexity index is 861. The predicted molar refractivity (Wildman–Crippen MR) is 107 cm³/mol. The second-order valence-corrected chi connectivity index (χ2v) is 6.43. The third kappa shape index (κ3) is 5.14. The van der Waals surface area contributed by atoms with E-state index < -0.39 is 0 Å². The number of benzene rings is 2. The molecule has 0 radical (unpaired) electrons. The minimum atomic E-state index is -0.112. The van der Waals surface area contributed by atoms with Crippen molar-refractivity contribution in [2.24, 2.45) is 0 Å². The summed E-state index contributed by atoms with van der Waals surface area (Å²) in [4.78, 5) is 23.1. The minimum Gasteiger partial charge on any atom is -0.365 e. The molecule has 1 amide bonds. The molecule has 1 N–H and O–H groups in total. The second-order valence-electron chi connectivity index (χ2n) is 6.43. The quantitative estimate of drug-likeness (QED) is 0.690. The van der Waals surface area contributed by atoms with Crippen LogP contribution in [0.3, 0.4) is 0 Å². The third-order valence-electron chi connectivity index (χ3n) is 4.35. The van der Waals surface area contributed by atoms with Crippen molar-refractivity contribution in [1.29, 1.82) is 0 Å². The van der Waals surface area contributed by atoms with Crippen molar-refractivity contribution >= 4 is 11.7 Å². The molecule has 138 valence electrons. The van der Waals surface area contributed by atoms with Gasteiger partial charge in [-0.2, -0.15) is 0 Å². The Labute approximate surface area is 160 Å². The van der Waals surface area contributed by atoms with Gasteiger partial charge >= 0.3 is 0 Å². The number of rotatable bonds is 7. The summed E-state index contributed by atoms with van der Waals surface area (Å²) in [7, 11) is 0. The largest absolute Gasteiger partial charge is 0.365 e. The fraction of sp³-hybridized carbons (Fsp3) is 0.227. The highest BCUT2D eigenvalue weighted by atomic mass is 16.2. The molecule has 0 atom stereocenters. The molecule has 0 fully saturated rings. The molecule has 0 saturated carbocycles. The van der Waals surface area contributed by atoms with Gasteiger partial charge in [-0.15, -0.1) is 0 Å². The molecule has 0 saturated heterocycles. The lowest BCUT2D eigenvalue weighted by atomic mass is 10.1. The van der Waals surface area contributed by atoms with Crippen molar-refractivity contribution in [3.8, 4) is 0 Å². The van der Waals surface area contributed by atoms with Crippen LogP contribution in [-0.4, -0.2) is 27.3 Å². The van der Waals surface area contributed by atoms with Gasteiger partial charge in [0.25, 0.3) is 5.91 Å². The van der Waals surface area contributed by atoms with Gasteiger partial charge in [0, 0.05) is 19.6 Å². The smallest absolute Gasteiger partial charge is 0.274 e. The van der Waals surface area contributed by atoms with E-state index in [0.717, 1.165) is 5.56 Å². The summed E-state index contributed by atoms with van der Waals surface area (Å²) in [5.41, 5.74) is 3.85. The molecule has 0 aliphatic heterocycles. The van der Waals surface area contributed by atoms with Gasteiger partial charge in [0.05, 0.1) is 12.4 Å². The SMILES string of the molecule is CCN(Cc1ccccc1)C(=O)c1cnc(NCc2ccc(C)cc2)cn1. The van der Waals surface area contributed by atoms with E-state index in [2.05, 4.69) is 46.5 Å². The molecule has 5 nitrogen and oxygen atoms in total. The summed E-state index contributed by atoms with van der Waals surface area (Å²) in [5, 5.41) is 3.23. The van der Waals surface area contributed by atoms with Crippen LogP contribution >= 0.6 is 0 Å². The highest BCUT2D eigenvalue weighted by Crippen LogP contribution is 2.10. The first-order valence-corrected chi connectivity index (χ1v) is 9.10. The average molecular weight is 360 g/mol. The number of hydrogen-bond acceptors (Lipinski definition) is 4. The molecule has 0 aliphatic rings. The van der Waals surface area contributed by atoms with Crippen LogP contribution in [0.4, 0.5) is 5.82 Å². The van der Waals surface area contributed by atoms with Crippen molar-refractivity contribution in [3.63, 3.8) is 0 Å². The van der Waals surface area contributed by atoms with Gasteiger partial charge in [-0.3, -0.25) is 4.79 Å². The van der Waals surface area contributed by atoms with E-state index in [-0.39, 0.29) is 5.91 Å². The summed E-state index contributed by atoms with van der Waals surface area (Å²) >= 11 is 0. The van der Waals surface area contributed by atoms with E-state index in [1.165, 1.54) is 17.3 Å². The maximum absolute atomic E-state index is 12.7. The molecule has 1 aromatic heterocycles. The molecule has 5 heteroatoms. The maximum atomic E-state index is 12.7. The molecule has 3 aromatic rings. The number of carbonyl (C=O) groups is 1. The fourth-order valence-corrected chi connectivity index (χ4v) is 2.72. The van der Waals surface area contributed by atoms with Gasteiger partial charge in [0.15, 0.2) is 0 Å². The Morgan fingerprint density at radius 2 is 1.70 bits per heavy atom. The molecule has 0 bridgehead atoms. The van der Waals surface area contributed by atoms with Gasteiger partial charge in [-0.25, -0.2) is 9.97 Å². The molecular weight excluding hydrogens is 336 g/mol. The minimum absolute atomic E-state index is 0.112. The number of hydrogen-bond donors (Lipinski definition) is 1. The van der Waals surface area contributed by atoms with E-state index >= 15 is 0 Å². The van der Waals surface area contributed by atoms with E-state index in [0.29, 0.717) is 31.1 Å². The van der Waals surface area contributed by atoms with Crippen LogP contribution < -0.4 is 5.32 Å². The van der Waals surface area contributed by atoms with Gasteiger partial charge in [0.2, 0.25) is 0 Å². The lowest BCUT2D eigenvalue weighted by molar-refractivity contribution is 0.0746. The van der Waals surface area contributed by atoms with Crippen molar-refractivity contribution < 1.29 is 4.79 Å². The van der Waals surface area contributed by atoms with Gasteiger partial charge in [-0.1, -0.05) is 60.2 Å². The predicted octanol–water partition coefficient (Wildman–Crippen LogP) is 4.06. The zero-order valence-electron chi connectivity index (χ0n) is 15.7. The molecule has 1 heterocycles. The average Bonchev–Trinajstić information content (AvgIpc) is 2.72. The first-order valence-electron chi connectivity index (χ1n) is 9.10. The summed E-state index contributed by atoms with van der Waals surface area (Å²) in [6.07, 6.45) is 3.14. The van der Waals surface area contributed by atoms with Crippen LogP contribution in [0, 0.1) is 6.92 Å². The number of aromatic nitrogens is 2. The van der Waals surface area contributed by atoms with Crippen molar-refractivity contribution in [2.45, 2.75) is 26.9 Å². The first kappa shape index (κ1) is 18.6. The standard InChI is InChI=1S/C22H24N4O/c1-3-26(16-19-7-5-4-6-8-19)22(27)20-14-25-21(15-23-20)24-13-18-11-9-17(2)10-12-18/h4-12,14-15H,3,13,16H2,1-2H3,(H,24,25). The van der Waals surface area contributed by atoms with Crippen molar-refractivity contribution in [3.05, 3.63) is 89.4 Å². The van der Waals surface area contributed by atoms with E-state index in [9.17, 15) is 4.79 Å². The van der Waals surface area contributed by atoms with Crippen LogP contribution in [0.5, 0.6) is 0 Å². The Kier molecular flexibility index (Phi) is 6.15. The van der Waals surface area contributed by atoms with Crippen molar-refractivity contribution in [1.82, 2.24) is 14.9 Å². The Hall–Kier alpha value is -3.21. The molecule has 2 aromatic carbocycles. The number of nitrogens with zero attached hydrogens (tertiary/aromatic N) is 3. The Balaban J connectivity index is 1.61. The maximum Gasteiger partial charge on any atom is 0.274 e. The molecule has 0 spiro atoms. The summed E-state index contributed by atoms with van der Waals surface area (Å²) < 4.78 is 0. The summed E-state index contributed by atoms with van der Waals surface area (Å²) in [6, 6.07) is 18.3. The van der Waals surface area contributed by atoms with Gasteiger partial charge < -0.3 is 10.2 Å². The summed E-state index contributed by atoms with van der Waals surface area (Å²) in [5.74, 6) is 0.539. The monoisotopic (exact) mass is 360 g/mol. The number of nitrogens with one attached hydrogen (secondary N) is 1. The van der Waals surface area contributed by atoms with Gasteiger partial charge in [0.1, 0.15) is 11.5 Å². The molecule has 3 rings (SSSR count). The van der Waals surface area contributed by atoms with Gasteiger partial charge in [-0.05, 0) is 25.0 Å². The zero-order chi connectivity index (χ0) is 19.1. The highest BCUT2D eigenvalue weighted by Gasteiger charge is 2.16. The lowest BCUT2D eigenvalue weighted by Gasteiger charge is -2.20. The highest BCUT2D eigenvalue weighted by molar-refractivity contribution is 5.92. The fourth-order valence-electron chi connectivity index (χ4n) is 2.72. The normalized spacial score (nSPS) is 10.4. The zero-order valence-corrected chi connectivity index (χ0v) is 15.7. The Morgan fingerprint density at radius 1 is 0.963 bits per heavy atom. The third-order valence-corrected chi connectivity index (χ3v) is 4.35. The molecule has 27 heavy (non-hydrogen) atoms. The van der Waals surface area contributed by atoms with Crippen LogP contribution in [0.2, 0.25) is 0 Å². The lowest BCUT2D eigenvalue weighted by Crippen LogP contribution is -2.31. The molecule has 0 aliphatic carbocycles. The number of carbonyl (C=O) groups excluding carboxylic acids is 1. The number of amides is 1. The van der Waals surface area contributed by atoms with E-state index in [4.69, 9.17) is 0 Å². The van der Waals surface area contributed by atoms with Crippen LogP contribution in [0.25, 0.3) is 0 Å². The van der Waals surface area contributed by atoms with Crippen molar-refractivity contribution in [2.75, 3.05) is 11.9 Å². The van der Waals surface area contributed by atoms with E-state index in [1.807, 2.05) is 37.3 Å². The van der Waals surface area contributed by atoms with Crippen LogP contribution in [0.15, 0.2) is 67.0 Å². The molecule has 0 unspecified atom stereocenters. The Morgan fingerprint density at radius 3 is 2.33 bits per heavy atom. The number of aryl methyl sites for hydroxylation is 1. The summed E-state index contributed by atoms with van der Waals surface area (Å²) in [6.45, 7) is 5.87. The first-order chi connectivity index (χ1) is 13.2. The molecular formula is C22H24N4O. The van der Waals surface area contributed by atoms with E-state index in [1.54, 1.807) is 11.1 Å². The number of anilines is 1. The second kappa shape index (κ2) is 8.94. The van der Waals surface area contributed by atoms with Crippen LogP contribution in [-0.2, 0) is 13.1 Å². The topological polar surface area (TPSA) is 58.1 Å².